The Morgan fingerprint density at radius 3 is 2.06 bits per heavy atom. The van der Waals surface area contributed by atoms with Crippen LogP contribution in [0.15, 0.2) is 66.7 Å². The predicted octanol–water partition coefficient (Wildman–Crippen LogP) is 8.50. The van der Waals surface area contributed by atoms with E-state index in [-0.39, 0.29) is 12.4 Å². The van der Waals surface area contributed by atoms with Crippen molar-refractivity contribution in [2.45, 2.75) is 57.8 Å². The lowest BCUT2D eigenvalue weighted by Gasteiger charge is -2.30. The second kappa shape index (κ2) is 10.3. The van der Waals surface area contributed by atoms with Gasteiger partial charge in [0.15, 0.2) is 17.4 Å². The first-order valence-electron chi connectivity index (χ1n) is 11.8. The number of hydrogen-bond donors (Lipinski definition) is 0. The van der Waals surface area contributed by atoms with Crippen LogP contribution in [0.2, 0.25) is 0 Å². The summed E-state index contributed by atoms with van der Waals surface area (Å²) in [7, 11) is 0. The van der Waals surface area contributed by atoms with Crippen molar-refractivity contribution in [3.05, 3.63) is 89.5 Å². The van der Waals surface area contributed by atoms with Crippen LogP contribution in [-0.4, -0.2) is 6.61 Å². The van der Waals surface area contributed by atoms with E-state index in [1.165, 1.54) is 55.4 Å². The Bertz CT molecular complexity index is 982. The maximum absolute atomic E-state index is 14.2. The predicted molar refractivity (Wildman–Crippen MR) is 127 cm³/mol. The molecule has 4 rings (SSSR count). The van der Waals surface area contributed by atoms with E-state index < -0.39 is 11.6 Å². The van der Waals surface area contributed by atoms with Gasteiger partial charge in [-0.2, -0.15) is 0 Å². The van der Waals surface area contributed by atoms with Crippen LogP contribution < -0.4 is 4.74 Å². The molecule has 0 unspecified atom stereocenters. The lowest BCUT2D eigenvalue weighted by atomic mass is 9.75. The highest BCUT2D eigenvalue weighted by Gasteiger charge is 2.24. The minimum atomic E-state index is -0.658. The molecular formula is C29H32F2O. The molecule has 1 nitrogen and oxygen atoms in total. The third-order valence-corrected chi connectivity index (χ3v) is 6.90. The monoisotopic (exact) mass is 434 g/mol. The van der Waals surface area contributed by atoms with Gasteiger partial charge >= 0.3 is 0 Å². The zero-order chi connectivity index (χ0) is 22.5. The fourth-order valence-corrected chi connectivity index (χ4v) is 5.11. The Hall–Kier alpha value is -2.68. The molecule has 0 spiro atoms. The molecule has 1 aliphatic carbocycles. The van der Waals surface area contributed by atoms with Crippen LogP contribution in [0.1, 0.15) is 68.9 Å². The average Bonchev–Trinajstić information content (AvgIpc) is 2.82. The van der Waals surface area contributed by atoms with E-state index in [4.69, 9.17) is 4.74 Å². The summed E-state index contributed by atoms with van der Waals surface area (Å²) >= 11 is 0. The summed E-state index contributed by atoms with van der Waals surface area (Å²) in [4.78, 5) is 0. The van der Waals surface area contributed by atoms with Gasteiger partial charge < -0.3 is 4.74 Å². The van der Waals surface area contributed by atoms with Crippen molar-refractivity contribution in [2.75, 3.05) is 6.61 Å². The van der Waals surface area contributed by atoms with Gasteiger partial charge in [0, 0.05) is 0 Å². The van der Waals surface area contributed by atoms with Crippen molar-refractivity contribution in [3.63, 3.8) is 0 Å². The van der Waals surface area contributed by atoms with Gasteiger partial charge in [-0.1, -0.05) is 61.5 Å². The van der Waals surface area contributed by atoms with Crippen molar-refractivity contribution in [1.29, 1.82) is 0 Å². The van der Waals surface area contributed by atoms with Crippen molar-refractivity contribution in [2.24, 2.45) is 5.92 Å². The van der Waals surface area contributed by atoms with Crippen LogP contribution in [0, 0.1) is 17.6 Å². The van der Waals surface area contributed by atoms with E-state index in [2.05, 4.69) is 49.4 Å². The highest BCUT2D eigenvalue weighted by molar-refractivity contribution is 5.65. The Kier molecular flexibility index (Phi) is 7.24. The van der Waals surface area contributed by atoms with E-state index >= 15 is 0 Å². The topological polar surface area (TPSA) is 9.23 Å². The molecule has 0 bridgehead atoms. The van der Waals surface area contributed by atoms with E-state index in [0.717, 1.165) is 11.5 Å². The van der Waals surface area contributed by atoms with Crippen molar-refractivity contribution < 1.29 is 13.5 Å². The van der Waals surface area contributed by atoms with E-state index in [0.29, 0.717) is 17.4 Å². The molecule has 3 aromatic carbocycles. The maximum atomic E-state index is 14.2. The van der Waals surface area contributed by atoms with Crippen LogP contribution in [0.5, 0.6) is 5.75 Å². The lowest BCUT2D eigenvalue weighted by Crippen LogP contribution is -2.15. The first-order valence-corrected chi connectivity index (χ1v) is 11.8. The summed E-state index contributed by atoms with van der Waals surface area (Å²) in [5.74, 6) is 0.345. The van der Waals surface area contributed by atoms with Crippen LogP contribution in [-0.2, 0) is 0 Å². The van der Waals surface area contributed by atoms with Crippen molar-refractivity contribution in [1.82, 2.24) is 0 Å². The SMILES string of the molecule is CCOc1c(F)cc(-c2ccc(C3CCC(C[C@@H](C)c4ccccc4)CC3)cc2)cc1F. The standard InChI is InChI=1S/C29H32F2O/c1-3-32-29-27(30)18-26(19-28(29)31)25-15-13-24(14-16-25)23-11-9-21(10-12-23)17-20(2)22-7-5-4-6-8-22/h4-8,13-16,18-21,23H,3,9-12,17H2,1-2H3/t20-,21?,23?/m1/s1. The van der Waals surface area contributed by atoms with E-state index in [9.17, 15) is 8.78 Å². The van der Waals surface area contributed by atoms with Gasteiger partial charge in [0.25, 0.3) is 0 Å². The third kappa shape index (κ3) is 5.20. The number of halogens is 2. The van der Waals surface area contributed by atoms with Gasteiger partial charge in [-0.05, 0) is 91.2 Å². The molecule has 0 aliphatic heterocycles. The van der Waals surface area contributed by atoms with Crippen LogP contribution >= 0.6 is 0 Å². The van der Waals surface area contributed by atoms with E-state index in [1.54, 1.807) is 6.92 Å². The zero-order valence-corrected chi connectivity index (χ0v) is 19.0. The highest BCUT2D eigenvalue weighted by atomic mass is 19.1. The van der Waals surface area contributed by atoms with Gasteiger partial charge in [0.2, 0.25) is 0 Å². The minimum absolute atomic E-state index is 0.231. The summed E-state index contributed by atoms with van der Waals surface area (Å²) in [6.45, 7) is 4.28. The first-order chi connectivity index (χ1) is 15.5. The third-order valence-electron chi connectivity index (χ3n) is 6.90. The van der Waals surface area contributed by atoms with Crippen molar-refractivity contribution in [3.8, 4) is 16.9 Å². The Labute approximate surface area is 190 Å². The summed E-state index contributed by atoms with van der Waals surface area (Å²) in [6, 6.07) is 21.7. The highest BCUT2D eigenvalue weighted by Crippen LogP contribution is 2.40. The summed E-state index contributed by atoms with van der Waals surface area (Å²) < 4.78 is 33.5. The summed E-state index contributed by atoms with van der Waals surface area (Å²) in [5.41, 5.74) is 4.12. The minimum Gasteiger partial charge on any atom is -0.488 e. The molecule has 0 radical (unpaired) electrons. The maximum Gasteiger partial charge on any atom is 0.190 e. The molecule has 1 atom stereocenters. The second-order valence-corrected chi connectivity index (χ2v) is 9.09. The number of benzene rings is 3. The number of rotatable bonds is 7. The Morgan fingerprint density at radius 1 is 0.844 bits per heavy atom. The average molecular weight is 435 g/mol. The van der Waals surface area contributed by atoms with Gasteiger partial charge in [-0.3, -0.25) is 0 Å². The fraction of sp³-hybridized carbons (Fsp3) is 0.379. The molecule has 3 heteroatoms. The van der Waals surface area contributed by atoms with Gasteiger partial charge in [0.05, 0.1) is 6.61 Å². The van der Waals surface area contributed by atoms with E-state index in [1.807, 2.05) is 12.1 Å². The molecule has 168 valence electrons. The Balaban J connectivity index is 1.36. The lowest BCUT2D eigenvalue weighted by molar-refractivity contribution is 0.297. The molecule has 3 aromatic rings. The quantitative estimate of drug-likeness (QED) is 0.362. The number of hydrogen-bond acceptors (Lipinski definition) is 1. The zero-order valence-electron chi connectivity index (χ0n) is 19.0. The summed E-state index contributed by atoms with van der Waals surface area (Å²) in [6.07, 6.45) is 6.19. The first kappa shape index (κ1) is 22.5. The molecule has 0 saturated heterocycles. The van der Waals surface area contributed by atoms with Crippen LogP contribution in [0.25, 0.3) is 11.1 Å². The number of ether oxygens (including phenoxy) is 1. The molecule has 0 heterocycles. The normalized spacial score (nSPS) is 19.5. The smallest absolute Gasteiger partial charge is 0.190 e. The molecule has 0 aromatic heterocycles. The largest absolute Gasteiger partial charge is 0.488 e. The molecule has 1 fully saturated rings. The van der Waals surface area contributed by atoms with Crippen molar-refractivity contribution >= 4 is 0 Å². The molecule has 0 N–H and O–H groups in total. The Morgan fingerprint density at radius 2 is 1.47 bits per heavy atom. The van der Waals surface area contributed by atoms with Gasteiger partial charge in [0.1, 0.15) is 0 Å². The molecular weight excluding hydrogens is 402 g/mol. The second-order valence-electron chi connectivity index (χ2n) is 9.09. The van der Waals surface area contributed by atoms with Gasteiger partial charge in [-0.15, -0.1) is 0 Å². The van der Waals surface area contributed by atoms with Crippen LogP contribution in [0.4, 0.5) is 8.78 Å². The fourth-order valence-electron chi connectivity index (χ4n) is 5.11. The van der Waals surface area contributed by atoms with Gasteiger partial charge in [-0.25, -0.2) is 8.78 Å². The molecule has 32 heavy (non-hydrogen) atoms. The molecule has 0 amide bonds. The van der Waals surface area contributed by atoms with Crippen LogP contribution in [0.3, 0.4) is 0 Å². The summed E-state index contributed by atoms with van der Waals surface area (Å²) in [5, 5.41) is 0. The molecule has 1 saturated carbocycles. The molecule has 1 aliphatic rings.